The van der Waals surface area contributed by atoms with Crippen molar-refractivity contribution in [2.75, 3.05) is 13.2 Å². The quantitative estimate of drug-likeness (QED) is 0.574. The molecule has 0 spiro atoms. The van der Waals surface area contributed by atoms with Gasteiger partial charge in [-0.25, -0.2) is 9.59 Å². The van der Waals surface area contributed by atoms with E-state index in [0.29, 0.717) is 13.0 Å². The van der Waals surface area contributed by atoms with E-state index < -0.39 is 18.1 Å². The van der Waals surface area contributed by atoms with Gasteiger partial charge in [0.05, 0.1) is 0 Å². The Hall–Kier alpha value is -2.05. The van der Waals surface area contributed by atoms with E-state index in [-0.39, 0.29) is 24.9 Å². The Balaban J connectivity index is 2.49. The summed E-state index contributed by atoms with van der Waals surface area (Å²) >= 11 is 0. The van der Waals surface area contributed by atoms with Crippen LogP contribution in [-0.2, 0) is 14.3 Å². The molecule has 1 aliphatic rings. The molecular weight excluding hydrogens is 240 g/mol. The first-order valence-electron chi connectivity index (χ1n) is 5.59. The van der Waals surface area contributed by atoms with Crippen LogP contribution in [0.1, 0.15) is 12.8 Å². The SMILES string of the molecule is C=CCOC(=O)N[C@@H](C[C@@H]1CCNC1=O)C(=O)O. The second-order valence-electron chi connectivity index (χ2n) is 3.93. The van der Waals surface area contributed by atoms with Crippen molar-refractivity contribution in [3.05, 3.63) is 12.7 Å². The van der Waals surface area contributed by atoms with Crippen LogP contribution in [0.4, 0.5) is 4.79 Å². The van der Waals surface area contributed by atoms with Crippen molar-refractivity contribution < 1.29 is 24.2 Å². The van der Waals surface area contributed by atoms with Crippen molar-refractivity contribution in [3.63, 3.8) is 0 Å². The van der Waals surface area contributed by atoms with Crippen LogP contribution in [0.25, 0.3) is 0 Å². The summed E-state index contributed by atoms with van der Waals surface area (Å²) < 4.78 is 4.63. The molecule has 0 unspecified atom stereocenters. The van der Waals surface area contributed by atoms with Gasteiger partial charge in [0, 0.05) is 12.5 Å². The highest BCUT2D eigenvalue weighted by Gasteiger charge is 2.31. The summed E-state index contributed by atoms with van der Waals surface area (Å²) in [6.07, 6.45) is 1.18. The summed E-state index contributed by atoms with van der Waals surface area (Å²) in [5, 5.41) is 13.8. The van der Waals surface area contributed by atoms with Gasteiger partial charge in [0.2, 0.25) is 5.91 Å². The lowest BCUT2D eigenvalue weighted by Gasteiger charge is -2.16. The maximum absolute atomic E-state index is 11.3. The minimum atomic E-state index is -1.19. The van der Waals surface area contributed by atoms with E-state index in [1.807, 2.05) is 0 Å². The number of nitrogens with one attached hydrogen (secondary N) is 2. The van der Waals surface area contributed by atoms with E-state index in [1.54, 1.807) is 0 Å². The molecular formula is C11H16N2O5. The van der Waals surface area contributed by atoms with Gasteiger partial charge in [0.1, 0.15) is 12.6 Å². The van der Waals surface area contributed by atoms with Crippen LogP contribution in [0, 0.1) is 5.92 Å². The molecule has 7 heteroatoms. The maximum Gasteiger partial charge on any atom is 0.408 e. The lowest BCUT2D eigenvalue weighted by Crippen LogP contribution is -2.43. The van der Waals surface area contributed by atoms with E-state index in [1.165, 1.54) is 6.08 Å². The number of alkyl carbamates (subject to hydrolysis) is 1. The standard InChI is InChI=1S/C11H16N2O5/c1-2-5-18-11(17)13-8(10(15)16)6-7-3-4-12-9(7)14/h2,7-8H,1,3-6H2,(H,12,14)(H,13,17)(H,15,16)/t7-,8-/m0/s1. The fraction of sp³-hybridized carbons (Fsp3) is 0.545. The van der Waals surface area contributed by atoms with Gasteiger partial charge in [-0.3, -0.25) is 4.79 Å². The van der Waals surface area contributed by atoms with Gasteiger partial charge in [0.15, 0.2) is 0 Å². The van der Waals surface area contributed by atoms with Crippen LogP contribution in [0.5, 0.6) is 0 Å². The molecule has 18 heavy (non-hydrogen) atoms. The number of carbonyl (C=O) groups is 3. The van der Waals surface area contributed by atoms with Gasteiger partial charge >= 0.3 is 12.1 Å². The number of hydrogen-bond donors (Lipinski definition) is 3. The summed E-state index contributed by atoms with van der Waals surface area (Å²) in [4.78, 5) is 33.5. The second-order valence-corrected chi connectivity index (χ2v) is 3.93. The zero-order valence-corrected chi connectivity index (χ0v) is 9.85. The Kier molecular flexibility index (Phi) is 5.16. The Labute approximate surface area is 104 Å². The topological polar surface area (TPSA) is 105 Å². The number of rotatable bonds is 6. The molecule has 0 aromatic heterocycles. The third-order valence-electron chi connectivity index (χ3n) is 2.61. The lowest BCUT2D eigenvalue weighted by atomic mass is 9.98. The summed E-state index contributed by atoms with van der Waals surface area (Å²) in [5.41, 5.74) is 0. The largest absolute Gasteiger partial charge is 0.480 e. The molecule has 0 saturated carbocycles. The number of carbonyl (C=O) groups excluding carboxylic acids is 2. The highest BCUT2D eigenvalue weighted by Crippen LogP contribution is 2.16. The monoisotopic (exact) mass is 256 g/mol. The van der Waals surface area contributed by atoms with Gasteiger partial charge in [-0.2, -0.15) is 0 Å². The number of carboxylic acid groups (broad SMARTS) is 1. The zero-order valence-electron chi connectivity index (χ0n) is 9.85. The zero-order chi connectivity index (χ0) is 13.5. The average Bonchev–Trinajstić information content (AvgIpc) is 2.71. The first kappa shape index (κ1) is 14.0. The molecule has 0 bridgehead atoms. The lowest BCUT2D eigenvalue weighted by molar-refractivity contribution is -0.140. The van der Waals surface area contributed by atoms with Crippen LogP contribution in [0.2, 0.25) is 0 Å². The third kappa shape index (κ3) is 4.08. The smallest absolute Gasteiger partial charge is 0.408 e. The molecule has 1 aliphatic heterocycles. The molecule has 0 aromatic rings. The first-order valence-corrected chi connectivity index (χ1v) is 5.59. The Morgan fingerprint density at radius 2 is 2.39 bits per heavy atom. The highest BCUT2D eigenvalue weighted by molar-refractivity contribution is 5.83. The molecule has 2 amide bonds. The summed E-state index contributed by atoms with van der Waals surface area (Å²) in [6.45, 7) is 3.91. The maximum atomic E-state index is 11.3. The third-order valence-corrected chi connectivity index (χ3v) is 2.61. The molecule has 100 valence electrons. The molecule has 0 radical (unpaired) electrons. The molecule has 1 saturated heterocycles. The predicted octanol–water partition coefficient (Wildman–Crippen LogP) is -0.122. The Morgan fingerprint density at radius 1 is 1.67 bits per heavy atom. The molecule has 0 aliphatic carbocycles. The van der Waals surface area contributed by atoms with Crippen LogP contribution in [-0.4, -0.2) is 42.3 Å². The van der Waals surface area contributed by atoms with Crippen molar-refractivity contribution >= 4 is 18.0 Å². The number of amides is 2. The minimum absolute atomic E-state index is 0.00207. The van der Waals surface area contributed by atoms with Crippen LogP contribution < -0.4 is 10.6 Å². The molecule has 1 rings (SSSR count). The van der Waals surface area contributed by atoms with Crippen molar-refractivity contribution in [1.29, 1.82) is 0 Å². The number of hydrogen-bond acceptors (Lipinski definition) is 4. The Bertz CT molecular complexity index is 355. The molecule has 1 fully saturated rings. The summed E-state index contributed by atoms with van der Waals surface area (Å²) in [5.74, 6) is -1.75. The van der Waals surface area contributed by atoms with E-state index in [0.717, 1.165) is 0 Å². The van der Waals surface area contributed by atoms with Crippen molar-refractivity contribution in [3.8, 4) is 0 Å². The van der Waals surface area contributed by atoms with Crippen molar-refractivity contribution in [2.24, 2.45) is 5.92 Å². The van der Waals surface area contributed by atoms with E-state index in [9.17, 15) is 14.4 Å². The van der Waals surface area contributed by atoms with Gasteiger partial charge in [-0.15, -0.1) is 0 Å². The molecule has 2 atom stereocenters. The fourth-order valence-corrected chi connectivity index (χ4v) is 1.69. The minimum Gasteiger partial charge on any atom is -0.480 e. The first-order chi connectivity index (χ1) is 8.54. The number of ether oxygens (including phenoxy) is 1. The van der Waals surface area contributed by atoms with Crippen molar-refractivity contribution in [1.82, 2.24) is 10.6 Å². The fourth-order valence-electron chi connectivity index (χ4n) is 1.69. The van der Waals surface area contributed by atoms with Gasteiger partial charge in [0.25, 0.3) is 0 Å². The molecule has 1 heterocycles. The van der Waals surface area contributed by atoms with Gasteiger partial charge in [-0.05, 0) is 12.8 Å². The highest BCUT2D eigenvalue weighted by atomic mass is 16.5. The predicted molar refractivity (Wildman–Crippen MR) is 61.8 cm³/mol. The van der Waals surface area contributed by atoms with Crippen LogP contribution in [0.3, 0.4) is 0 Å². The van der Waals surface area contributed by atoms with Gasteiger partial charge < -0.3 is 20.5 Å². The normalized spacial score (nSPS) is 19.8. The van der Waals surface area contributed by atoms with Gasteiger partial charge in [-0.1, -0.05) is 12.7 Å². The number of aliphatic carboxylic acids is 1. The van der Waals surface area contributed by atoms with Crippen LogP contribution >= 0.6 is 0 Å². The van der Waals surface area contributed by atoms with E-state index >= 15 is 0 Å². The van der Waals surface area contributed by atoms with Crippen molar-refractivity contribution in [2.45, 2.75) is 18.9 Å². The molecule has 3 N–H and O–H groups in total. The summed E-state index contributed by atoms with van der Waals surface area (Å²) in [6, 6.07) is -1.13. The molecule has 7 nitrogen and oxygen atoms in total. The Morgan fingerprint density at radius 3 is 2.89 bits per heavy atom. The number of carboxylic acids is 1. The second kappa shape index (κ2) is 6.63. The van der Waals surface area contributed by atoms with E-state index in [4.69, 9.17) is 5.11 Å². The molecule has 0 aromatic carbocycles. The summed E-state index contributed by atoms with van der Waals surface area (Å²) in [7, 11) is 0. The van der Waals surface area contributed by atoms with Crippen LogP contribution in [0.15, 0.2) is 12.7 Å². The van der Waals surface area contributed by atoms with E-state index in [2.05, 4.69) is 21.9 Å². The average molecular weight is 256 g/mol.